The van der Waals surface area contributed by atoms with Gasteiger partial charge in [-0.25, -0.2) is 4.98 Å². The van der Waals surface area contributed by atoms with Gasteiger partial charge in [-0.1, -0.05) is 41.4 Å². The number of nitrogen functional groups attached to an aromatic ring is 1. The molecule has 0 unspecified atom stereocenters. The number of aromatic nitrogens is 1. The van der Waals surface area contributed by atoms with E-state index in [0.717, 1.165) is 27.5 Å². The number of hydrogen-bond acceptors (Lipinski definition) is 3. The molecule has 0 bridgehead atoms. The summed E-state index contributed by atoms with van der Waals surface area (Å²) >= 11 is 13.5. The van der Waals surface area contributed by atoms with Crippen LogP contribution < -0.4 is 5.73 Å². The summed E-state index contributed by atoms with van der Waals surface area (Å²) in [5.41, 5.74) is 9.45. The normalized spacial score (nSPS) is 10.7. The van der Waals surface area contributed by atoms with Crippen molar-refractivity contribution in [2.24, 2.45) is 0 Å². The van der Waals surface area contributed by atoms with Gasteiger partial charge in [0.15, 0.2) is 0 Å². The lowest BCUT2D eigenvalue weighted by Gasteiger charge is -2.01. The first-order valence-corrected chi connectivity index (χ1v) is 7.54. The van der Waals surface area contributed by atoms with Crippen LogP contribution in [0.3, 0.4) is 0 Å². The minimum Gasteiger partial charge on any atom is -0.398 e. The monoisotopic (exact) mass is 320 g/mol. The van der Waals surface area contributed by atoms with E-state index in [1.807, 2.05) is 41.8 Å². The highest BCUT2D eigenvalue weighted by Crippen LogP contribution is 2.33. The Balaban J connectivity index is 2.02. The standard InChI is InChI=1S/C15H10Cl2N2S/c16-11-6-5-9(7-12(11)17)14-8-20-15(19-14)10-3-1-2-4-13(10)18/h1-8H,18H2. The highest BCUT2D eigenvalue weighted by molar-refractivity contribution is 7.13. The molecule has 0 saturated heterocycles. The average Bonchev–Trinajstić information content (AvgIpc) is 2.92. The minimum absolute atomic E-state index is 0.526. The van der Waals surface area contributed by atoms with E-state index in [0.29, 0.717) is 10.0 Å². The van der Waals surface area contributed by atoms with Crippen molar-refractivity contribution in [1.82, 2.24) is 4.98 Å². The first-order valence-electron chi connectivity index (χ1n) is 5.91. The largest absolute Gasteiger partial charge is 0.398 e. The zero-order valence-corrected chi connectivity index (χ0v) is 12.6. The molecule has 0 radical (unpaired) electrons. The fourth-order valence-electron chi connectivity index (χ4n) is 1.88. The van der Waals surface area contributed by atoms with E-state index in [4.69, 9.17) is 28.9 Å². The second-order valence-electron chi connectivity index (χ2n) is 4.25. The molecule has 2 N–H and O–H groups in total. The number of anilines is 1. The summed E-state index contributed by atoms with van der Waals surface area (Å²) in [6, 6.07) is 13.2. The molecule has 0 spiro atoms. The fraction of sp³-hybridized carbons (Fsp3) is 0. The molecule has 0 saturated carbocycles. The average molecular weight is 321 g/mol. The van der Waals surface area contributed by atoms with Gasteiger partial charge in [-0.05, 0) is 24.3 Å². The molecule has 3 aromatic rings. The molecule has 1 heterocycles. The summed E-state index contributed by atoms with van der Waals surface area (Å²) in [6.07, 6.45) is 0. The SMILES string of the molecule is Nc1ccccc1-c1nc(-c2ccc(Cl)c(Cl)c2)cs1. The smallest absolute Gasteiger partial charge is 0.126 e. The molecule has 0 aliphatic rings. The molecule has 0 aliphatic carbocycles. The van der Waals surface area contributed by atoms with Crippen molar-refractivity contribution in [3.05, 3.63) is 57.9 Å². The number of nitrogens with zero attached hydrogens (tertiary/aromatic N) is 1. The van der Waals surface area contributed by atoms with Crippen LogP contribution in [0.15, 0.2) is 47.8 Å². The quantitative estimate of drug-likeness (QED) is 0.645. The van der Waals surface area contributed by atoms with Gasteiger partial charge in [0.2, 0.25) is 0 Å². The molecular weight excluding hydrogens is 311 g/mol. The predicted octanol–water partition coefficient (Wildman–Crippen LogP) is 5.37. The van der Waals surface area contributed by atoms with Crippen LogP contribution >= 0.6 is 34.5 Å². The highest BCUT2D eigenvalue weighted by atomic mass is 35.5. The molecule has 0 atom stereocenters. The van der Waals surface area contributed by atoms with Crippen LogP contribution in [0.5, 0.6) is 0 Å². The van der Waals surface area contributed by atoms with Crippen molar-refractivity contribution in [2.45, 2.75) is 0 Å². The summed E-state index contributed by atoms with van der Waals surface area (Å²) in [5, 5.41) is 3.95. The molecular formula is C15H10Cl2N2S. The van der Waals surface area contributed by atoms with Crippen LogP contribution in [0.2, 0.25) is 10.0 Å². The third-order valence-corrected chi connectivity index (χ3v) is 4.53. The van der Waals surface area contributed by atoms with Crippen LogP contribution in [0.4, 0.5) is 5.69 Å². The number of halogens is 2. The molecule has 2 nitrogen and oxygen atoms in total. The van der Waals surface area contributed by atoms with Gasteiger partial charge in [0, 0.05) is 22.2 Å². The van der Waals surface area contributed by atoms with Gasteiger partial charge in [-0.2, -0.15) is 0 Å². The lowest BCUT2D eigenvalue weighted by atomic mass is 10.1. The van der Waals surface area contributed by atoms with Crippen LogP contribution in [-0.4, -0.2) is 4.98 Å². The Kier molecular flexibility index (Phi) is 3.66. The molecule has 0 fully saturated rings. The second kappa shape index (κ2) is 5.44. The van der Waals surface area contributed by atoms with E-state index >= 15 is 0 Å². The highest BCUT2D eigenvalue weighted by Gasteiger charge is 2.10. The van der Waals surface area contributed by atoms with Crippen molar-refractivity contribution in [1.29, 1.82) is 0 Å². The van der Waals surface area contributed by atoms with E-state index in [1.165, 1.54) is 0 Å². The van der Waals surface area contributed by atoms with Gasteiger partial charge in [0.05, 0.1) is 15.7 Å². The summed E-state index contributed by atoms with van der Waals surface area (Å²) in [5.74, 6) is 0. The molecule has 1 aromatic heterocycles. The van der Waals surface area contributed by atoms with E-state index in [9.17, 15) is 0 Å². The van der Waals surface area contributed by atoms with Gasteiger partial charge in [0.1, 0.15) is 5.01 Å². The predicted molar refractivity (Wildman–Crippen MR) is 87.4 cm³/mol. The zero-order valence-electron chi connectivity index (χ0n) is 10.3. The topological polar surface area (TPSA) is 38.9 Å². The van der Waals surface area contributed by atoms with Crippen LogP contribution in [0, 0.1) is 0 Å². The molecule has 0 aliphatic heterocycles. The number of nitrogens with two attached hydrogens (primary N) is 1. The first kappa shape index (κ1) is 13.4. The fourth-order valence-corrected chi connectivity index (χ4v) is 3.05. The molecule has 5 heteroatoms. The number of benzene rings is 2. The first-order chi connectivity index (χ1) is 9.65. The van der Waals surface area contributed by atoms with Crippen molar-refractivity contribution >= 4 is 40.2 Å². The Hall–Kier alpha value is -1.55. The number of rotatable bonds is 2. The van der Waals surface area contributed by atoms with Crippen LogP contribution in [-0.2, 0) is 0 Å². The van der Waals surface area contributed by atoms with Crippen molar-refractivity contribution in [3.63, 3.8) is 0 Å². The maximum Gasteiger partial charge on any atom is 0.126 e. The summed E-state index contributed by atoms with van der Waals surface area (Å²) in [7, 11) is 0. The van der Waals surface area contributed by atoms with E-state index < -0.39 is 0 Å². The molecule has 20 heavy (non-hydrogen) atoms. The van der Waals surface area contributed by atoms with Gasteiger partial charge < -0.3 is 5.73 Å². The maximum atomic E-state index is 6.04. The van der Waals surface area contributed by atoms with Crippen molar-refractivity contribution in [3.8, 4) is 21.8 Å². The van der Waals surface area contributed by atoms with Gasteiger partial charge >= 0.3 is 0 Å². The molecule has 0 amide bonds. The number of para-hydroxylation sites is 1. The minimum atomic E-state index is 0.526. The van der Waals surface area contributed by atoms with E-state index in [-0.39, 0.29) is 0 Å². The lowest BCUT2D eigenvalue weighted by molar-refractivity contribution is 1.40. The Morgan fingerprint density at radius 3 is 2.55 bits per heavy atom. The summed E-state index contributed by atoms with van der Waals surface area (Å²) in [4.78, 5) is 4.62. The number of hydrogen-bond donors (Lipinski definition) is 1. The Bertz CT molecular complexity index is 768. The second-order valence-corrected chi connectivity index (χ2v) is 5.93. The van der Waals surface area contributed by atoms with E-state index in [1.54, 1.807) is 17.4 Å². The Morgan fingerprint density at radius 2 is 1.80 bits per heavy atom. The van der Waals surface area contributed by atoms with E-state index in [2.05, 4.69) is 4.98 Å². The maximum absolute atomic E-state index is 6.04. The third-order valence-electron chi connectivity index (χ3n) is 2.91. The number of thiazole rings is 1. The van der Waals surface area contributed by atoms with Gasteiger partial charge in [-0.3, -0.25) is 0 Å². The molecule has 2 aromatic carbocycles. The van der Waals surface area contributed by atoms with Gasteiger partial charge in [-0.15, -0.1) is 11.3 Å². The van der Waals surface area contributed by atoms with Crippen molar-refractivity contribution in [2.75, 3.05) is 5.73 Å². The Morgan fingerprint density at radius 1 is 1.00 bits per heavy atom. The summed E-state index contributed by atoms with van der Waals surface area (Å²) < 4.78 is 0. The van der Waals surface area contributed by atoms with Crippen LogP contribution in [0.1, 0.15) is 0 Å². The van der Waals surface area contributed by atoms with Gasteiger partial charge in [0.25, 0.3) is 0 Å². The lowest BCUT2D eigenvalue weighted by Crippen LogP contribution is -1.88. The molecule has 100 valence electrons. The third kappa shape index (κ3) is 2.52. The molecule has 3 rings (SSSR count). The zero-order chi connectivity index (χ0) is 14.1. The Labute approximate surface area is 130 Å². The summed E-state index contributed by atoms with van der Waals surface area (Å²) in [6.45, 7) is 0. The van der Waals surface area contributed by atoms with Crippen LogP contribution in [0.25, 0.3) is 21.8 Å². The van der Waals surface area contributed by atoms with Crippen molar-refractivity contribution < 1.29 is 0 Å².